The number of carbonyl (C=O) groups is 1. The molecule has 2 N–H and O–H groups in total. The van der Waals surface area contributed by atoms with Crippen LogP contribution in [0.25, 0.3) is 0 Å². The number of ketones is 1. The molecule has 0 unspecified atom stereocenters. The van der Waals surface area contributed by atoms with Gasteiger partial charge in [0.25, 0.3) is 0 Å². The summed E-state index contributed by atoms with van der Waals surface area (Å²) in [7, 11) is 0. The Morgan fingerprint density at radius 1 is 1.33 bits per heavy atom. The van der Waals surface area contributed by atoms with E-state index >= 15 is 0 Å². The Morgan fingerprint density at radius 3 is 2.25 bits per heavy atom. The van der Waals surface area contributed by atoms with Crippen LogP contribution in [0.1, 0.15) is 17.3 Å². The largest absolute Gasteiger partial charge is 0.508 e. The maximum absolute atomic E-state index is 11.1. The predicted molar refractivity (Wildman–Crippen MR) is 44.1 cm³/mol. The van der Waals surface area contributed by atoms with E-state index in [1.165, 1.54) is 31.2 Å². The first kappa shape index (κ1) is 8.74. The van der Waals surface area contributed by atoms with Gasteiger partial charge in [0.1, 0.15) is 11.9 Å². The van der Waals surface area contributed by atoms with E-state index in [9.17, 15) is 4.79 Å². The number of phenolic OH excluding ortho intramolecular Hbond substituents is 1. The molecular weight excluding hydrogens is 156 g/mol. The van der Waals surface area contributed by atoms with E-state index in [0.717, 1.165) is 0 Å². The molecule has 64 valence electrons. The molecule has 0 radical (unpaired) electrons. The Morgan fingerprint density at radius 2 is 1.83 bits per heavy atom. The van der Waals surface area contributed by atoms with E-state index in [4.69, 9.17) is 10.2 Å². The lowest BCUT2D eigenvalue weighted by atomic mass is 10.1. The monoisotopic (exact) mass is 166 g/mol. The predicted octanol–water partition coefficient (Wildman–Crippen LogP) is 0.956. The van der Waals surface area contributed by atoms with Crippen LogP contribution >= 0.6 is 0 Å². The summed E-state index contributed by atoms with van der Waals surface area (Å²) in [6.45, 7) is 1.41. The number of benzene rings is 1. The first-order valence-electron chi connectivity index (χ1n) is 3.62. The molecule has 0 fully saturated rings. The second-order valence-electron chi connectivity index (χ2n) is 2.59. The highest BCUT2D eigenvalue weighted by Gasteiger charge is 2.10. The van der Waals surface area contributed by atoms with Crippen molar-refractivity contribution in [2.24, 2.45) is 0 Å². The highest BCUT2D eigenvalue weighted by molar-refractivity contribution is 5.99. The lowest BCUT2D eigenvalue weighted by molar-refractivity contribution is 0.0779. The van der Waals surface area contributed by atoms with E-state index in [-0.39, 0.29) is 11.5 Å². The summed E-state index contributed by atoms with van der Waals surface area (Å²) in [6, 6.07) is 5.78. The second-order valence-corrected chi connectivity index (χ2v) is 2.59. The SMILES string of the molecule is C[C@H](O)C(=O)c1ccc(O)cc1. The van der Waals surface area contributed by atoms with Crippen LogP contribution < -0.4 is 0 Å². The Hall–Kier alpha value is -1.35. The van der Waals surface area contributed by atoms with Gasteiger partial charge in [0.15, 0.2) is 5.78 Å². The van der Waals surface area contributed by atoms with E-state index in [0.29, 0.717) is 5.56 Å². The third-order valence-electron chi connectivity index (χ3n) is 1.53. The van der Waals surface area contributed by atoms with Gasteiger partial charge in [0, 0.05) is 5.56 Å². The Labute approximate surface area is 70.3 Å². The number of hydrogen-bond donors (Lipinski definition) is 2. The van der Waals surface area contributed by atoms with Gasteiger partial charge in [-0.15, -0.1) is 0 Å². The van der Waals surface area contributed by atoms with Crippen LogP contribution in [0, 0.1) is 0 Å². The summed E-state index contributed by atoms with van der Waals surface area (Å²) in [5.74, 6) is -0.229. The molecule has 0 aliphatic heterocycles. The number of aliphatic hydroxyl groups is 1. The Kier molecular flexibility index (Phi) is 2.45. The minimum atomic E-state index is -0.991. The molecule has 0 amide bonds. The zero-order chi connectivity index (χ0) is 9.14. The summed E-state index contributed by atoms with van der Waals surface area (Å²) in [5.41, 5.74) is 0.405. The third kappa shape index (κ3) is 1.83. The summed E-state index contributed by atoms with van der Waals surface area (Å²) < 4.78 is 0. The molecule has 0 heterocycles. The highest BCUT2D eigenvalue weighted by atomic mass is 16.3. The first-order chi connectivity index (χ1) is 5.61. The zero-order valence-corrected chi connectivity index (χ0v) is 6.69. The summed E-state index contributed by atoms with van der Waals surface area (Å²) in [6.07, 6.45) is -0.991. The topological polar surface area (TPSA) is 57.5 Å². The molecule has 0 aliphatic rings. The highest BCUT2D eigenvalue weighted by Crippen LogP contribution is 2.11. The fraction of sp³-hybridized carbons (Fsp3) is 0.222. The maximum atomic E-state index is 11.1. The minimum Gasteiger partial charge on any atom is -0.508 e. The zero-order valence-electron chi connectivity index (χ0n) is 6.69. The van der Waals surface area contributed by atoms with Crippen LogP contribution in [-0.4, -0.2) is 22.1 Å². The molecule has 1 aromatic rings. The van der Waals surface area contributed by atoms with Gasteiger partial charge < -0.3 is 10.2 Å². The number of aromatic hydroxyl groups is 1. The number of carbonyl (C=O) groups excluding carboxylic acids is 1. The molecule has 12 heavy (non-hydrogen) atoms. The molecule has 3 heteroatoms. The summed E-state index contributed by atoms with van der Waals surface area (Å²) >= 11 is 0. The fourth-order valence-corrected chi connectivity index (χ4v) is 0.867. The smallest absolute Gasteiger partial charge is 0.190 e. The molecule has 0 aromatic heterocycles. The average molecular weight is 166 g/mol. The normalized spacial score (nSPS) is 12.5. The molecule has 0 aliphatic carbocycles. The molecule has 0 spiro atoms. The number of phenols is 1. The average Bonchev–Trinajstić information content (AvgIpc) is 2.04. The van der Waals surface area contributed by atoms with Crippen LogP contribution in [0.4, 0.5) is 0 Å². The van der Waals surface area contributed by atoms with E-state index < -0.39 is 6.10 Å². The fourth-order valence-electron chi connectivity index (χ4n) is 0.867. The van der Waals surface area contributed by atoms with Crippen LogP contribution in [0.2, 0.25) is 0 Å². The van der Waals surface area contributed by atoms with Gasteiger partial charge in [-0.25, -0.2) is 0 Å². The van der Waals surface area contributed by atoms with Crippen LogP contribution in [0.5, 0.6) is 5.75 Å². The van der Waals surface area contributed by atoms with Gasteiger partial charge in [-0.2, -0.15) is 0 Å². The van der Waals surface area contributed by atoms with Gasteiger partial charge in [-0.05, 0) is 31.2 Å². The molecular formula is C9H10O3. The summed E-state index contributed by atoms with van der Waals surface area (Å²) in [4.78, 5) is 11.1. The van der Waals surface area contributed by atoms with Crippen molar-refractivity contribution >= 4 is 5.78 Å². The van der Waals surface area contributed by atoms with Crippen molar-refractivity contribution in [3.8, 4) is 5.75 Å². The first-order valence-corrected chi connectivity index (χ1v) is 3.62. The lowest BCUT2D eigenvalue weighted by Crippen LogP contribution is -2.15. The van der Waals surface area contributed by atoms with Gasteiger partial charge >= 0.3 is 0 Å². The molecule has 0 saturated heterocycles. The minimum absolute atomic E-state index is 0.108. The second kappa shape index (κ2) is 3.36. The number of rotatable bonds is 2. The molecule has 1 rings (SSSR count). The van der Waals surface area contributed by atoms with Crippen molar-refractivity contribution in [1.29, 1.82) is 0 Å². The quantitative estimate of drug-likeness (QED) is 0.643. The van der Waals surface area contributed by atoms with Gasteiger partial charge in [0.05, 0.1) is 0 Å². The molecule has 1 atom stereocenters. The third-order valence-corrected chi connectivity index (χ3v) is 1.53. The van der Waals surface area contributed by atoms with Crippen molar-refractivity contribution in [3.63, 3.8) is 0 Å². The van der Waals surface area contributed by atoms with Gasteiger partial charge in [-0.1, -0.05) is 0 Å². The molecule has 1 aromatic carbocycles. The van der Waals surface area contributed by atoms with Gasteiger partial charge in [0.2, 0.25) is 0 Å². The van der Waals surface area contributed by atoms with Crippen molar-refractivity contribution < 1.29 is 15.0 Å². The van der Waals surface area contributed by atoms with E-state index in [1.807, 2.05) is 0 Å². The lowest BCUT2D eigenvalue weighted by Gasteiger charge is -2.02. The van der Waals surface area contributed by atoms with Crippen LogP contribution in [0.3, 0.4) is 0 Å². The molecule has 0 bridgehead atoms. The van der Waals surface area contributed by atoms with Crippen molar-refractivity contribution in [2.75, 3.05) is 0 Å². The van der Waals surface area contributed by atoms with Gasteiger partial charge in [-0.3, -0.25) is 4.79 Å². The van der Waals surface area contributed by atoms with Crippen LogP contribution in [0.15, 0.2) is 24.3 Å². The Balaban J connectivity index is 2.90. The van der Waals surface area contributed by atoms with E-state index in [1.54, 1.807) is 0 Å². The van der Waals surface area contributed by atoms with Crippen LogP contribution in [-0.2, 0) is 0 Å². The molecule has 0 saturated carbocycles. The van der Waals surface area contributed by atoms with Crippen molar-refractivity contribution in [3.05, 3.63) is 29.8 Å². The summed E-state index contributed by atoms with van der Waals surface area (Å²) in [5, 5.41) is 17.8. The van der Waals surface area contributed by atoms with E-state index in [2.05, 4.69) is 0 Å². The molecule has 3 nitrogen and oxygen atoms in total. The van der Waals surface area contributed by atoms with Crippen molar-refractivity contribution in [1.82, 2.24) is 0 Å². The standard InChI is InChI=1S/C9H10O3/c1-6(10)9(12)7-2-4-8(11)5-3-7/h2-6,10-11H,1H3/t6-/m0/s1. The number of hydrogen-bond acceptors (Lipinski definition) is 3. The maximum Gasteiger partial charge on any atom is 0.190 e. The Bertz CT molecular complexity index is 274. The van der Waals surface area contributed by atoms with Crippen molar-refractivity contribution in [2.45, 2.75) is 13.0 Å². The number of aliphatic hydroxyl groups excluding tert-OH is 1. The number of Topliss-reactive ketones (excluding diaryl/α,β-unsaturated/α-hetero) is 1.